The molecule has 2 heterocycles. The van der Waals surface area contributed by atoms with Gasteiger partial charge in [-0.05, 0) is 35.7 Å². The first-order valence-electron chi connectivity index (χ1n) is 6.45. The summed E-state index contributed by atoms with van der Waals surface area (Å²) in [5.41, 5.74) is 0. The third kappa shape index (κ3) is 7.70. The molecule has 128 valence electrons. The van der Waals surface area contributed by atoms with E-state index in [0.29, 0.717) is 19.5 Å². The molecule has 0 atom stereocenters. The number of aliphatic carboxylic acids is 2. The van der Waals surface area contributed by atoms with Crippen molar-refractivity contribution in [3.63, 3.8) is 0 Å². The Hall–Kier alpha value is -2.46. The van der Waals surface area contributed by atoms with Gasteiger partial charge in [0.2, 0.25) is 0 Å². The molecule has 8 nitrogen and oxygen atoms in total. The van der Waals surface area contributed by atoms with Gasteiger partial charge in [0.05, 0.1) is 0 Å². The van der Waals surface area contributed by atoms with Gasteiger partial charge in [-0.1, -0.05) is 0 Å². The summed E-state index contributed by atoms with van der Waals surface area (Å²) < 4.78 is 1.29. The van der Waals surface area contributed by atoms with Crippen LogP contribution in [0.2, 0.25) is 0 Å². The predicted octanol–water partition coefficient (Wildman–Crippen LogP) is 0.993. The second-order valence-electron chi connectivity index (χ2n) is 4.09. The molecule has 0 aromatic carbocycles. The summed E-state index contributed by atoms with van der Waals surface area (Å²) in [7, 11) is 0. The zero-order chi connectivity index (χ0) is 17.9. The number of hydrogen-bond acceptors (Lipinski definition) is 6. The summed E-state index contributed by atoms with van der Waals surface area (Å²) in [4.78, 5) is 20.3. The fourth-order valence-electron chi connectivity index (χ4n) is 1.32. The first kappa shape index (κ1) is 19.6. The zero-order valence-electron chi connectivity index (χ0n) is 12.3. The molecule has 0 amide bonds. The Balaban J connectivity index is 0.000000240. The van der Waals surface area contributed by atoms with E-state index in [-0.39, 0.29) is 11.5 Å². The molecule has 2 aromatic heterocycles. The van der Waals surface area contributed by atoms with Gasteiger partial charge in [-0.3, -0.25) is 9.59 Å². The molecule has 0 aliphatic rings. The molecule has 0 radical (unpaired) electrons. The highest BCUT2D eigenvalue weighted by Crippen LogP contribution is 2.11. The van der Waals surface area contributed by atoms with Crippen molar-refractivity contribution in [1.82, 2.24) is 0 Å². The number of aromatic nitrogens is 2. The average molecular weight is 370 g/mol. The number of carbonyl (C=O) groups is 2. The molecule has 0 saturated heterocycles. The molecule has 2 rings (SSSR count). The number of nitrogens with zero attached hydrogens (tertiary/aromatic N) is 2. The van der Waals surface area contributed by atoms with Crippen molar-refractivity contribution in [1.29, 1.82) is 0 Å². The van der Waals surface area contributed by atoms with E-state index in [4.69, 9.17) is 10.2 Å². The maximum absolute atomic E-state index is 10.9. The maximum atomic E-state index is 10.9. The van der Waals surface area contributed by atoms with Crippen molar-refractivity contribution in [2.24, 2.45) is 0 Å². The Morgan fingerprint density at radius 2 is 1.21 bits per heavy atom. The lowest BCUT2D eigenvalue weighted by molar-refractivity contribution is -0.645. The maximum Gasteiger partial charge on any atom is 0.314 e. The molecule has 0 aliphatic heterocycles. The van der Waals surface area contributed by atoms with Crippen molar-refractivity contribution < 1.29 is 29.3 Å². The first-order chi connectivity index (χ1) is 11.4. The number of hydrogen-bond donors (Lipinski definition) is 2. The minimum Gasteiger partial charge on any atom is -0.618 e. The van der Waals surface area contributed by atoms with Crippen molar-refractivity contribution in [2.45, 2.75) is 10.1 Å². The van der Waals surface area contributed by atoms with E-state index in [1.807, 2.05) is 0 Å². The minimum absolute atomic E-state index is 0.0910. The van der Waals surface area contributed by atoms with Gasteiger partial charge in [-0.15, -0.1) is 0 Å². The molecule has 0 aliphatic carbocycles. The first-order valence-corrected chi connectivity index (χ1v) is 8.43. The fourth-order valence-corrected chi connectivity index (χ4v) is 2.59. The van der Waals surface area contributed by atoms with Gasteiger partial charge in [0.15, 0.2) is 12.4 Å². The van der Waals surface area contributed by atoms with Crippen LogP contribution in [0.5, 0.6) is 0 Å². The van der Waals surface area contributed by atoms with E-state index in [9.17, 15) is 20.0 Å². The molecule has 0 spiro atoms. The van der Waals surface area contributed by atoms with Crippen LogP contribution in [0.3, 0.4) is 0 Å². The Labute approximate surface area is 145 Å². The lowest BCUT2D eigenvalue weighted by atomic mass is 10.5. The van der Waals surface area contributed by atoms with Crippen molar-refractivity contribution in [2.75, 3.05) is 11.5 Å². The highest BCUT2D eigenvalue weighted by atomic mass is 32.2. The number of rotatable bonds is 6. The van der Waals surface area contributed by atoms with Crippen LogP contribution in [0.4, 0.5) is 0 Å². The summed E-state index contributed by atoms with van der Waals surface area (Å²) in [6.45, 7) is 0. The molecule has 0 saturated carbocycles. The predicted molar refractivity (Wildman–Crippen MR) is 87.5 cm³/mol. The van der Waals surface area contributed by atoms with E-state index in [1.54, 1.807) is 36.4 Å². The van der Waals surface area contributed by atoms with E-state index < -0.39 is 11.9 Å². The lowest BCUT2D eigenvalue weighted by Gasteiger charge is -2.00. The average Bonchev–Trinajstić information content (AvgIpc) is 2.54. The van der Waals surface area contributed by atoms with Crippen LogP contribution in [0.25, 0.3) is 0 Å². The highest BCUT2D eigenvalue weighted by molar-refractivity contribution is 8.00. The zero-order valence-corrected chi connectivity index (χ0v) is 13.9. The summed E-state index contributed by atoms with van der Waals surface area (Å²) in [5.74, 6) is -2.04. The van der Waals surface area contributed by atoms with Crippen LogP contribution < -0.4 is 9.46 Å². The summed E-state index contributed by atoms with van der Waals surface area (Å²) in [6.07, 6.45) is 2.67. The standard InChI is InChI=1S/2C7H7NO3S/c2*9-7(10)5-12-6-3-1-2-4-8(6)11/h2*1-4H,5H2,(H,9,10). The van der Waals surface area contributed by atoms with Gasteiger partial charge < -0.3 is 20.6 Å². The van der Waals surface area contributed by atoms with Crippen molar-refractivity contribution >= 4 is 35.5 Å². The van der Waals surface area contributed by atoms with Gasteiger partial charge in [0.1, 0.15) is 11.5 Å². The Morgan fingerprint density at radius 1 is 0.833 bits per heavy atom. The molecular formula is C14H14N2O6S2. The van der Waals surface area contributed by atoms with Gasteiger partial charge in [-0.2, -0.15) is 9.46 Å². The normalized spacial score (nSPS) is 9.67. The summed E-state index contributed by atoms with van der Waals surface area (Å²) in [5, 5.41) is 39.3. The molecule has 24 heavy (non-hydrogen) atoms. The molecule has 0 unspecified atom stereocenters. The monoisotopic (exact) mass is 370 g/mol. The topological polar surface area (TPSA) is 128 Å². The smallest absolute Gasteiger partial charge is 0.314 e. The van der Waals surface area contributed by atoms with E-state index in [2.05, 4.69) is 0 Å². The summed E-state index contributed by atoms with van der Waals surface area (Å²) >= 11 is 2.01. The quantitative estimate of drug-likeness (QED) is 0.438. The van der Waals surface area contributed by atoms with E-state index >= 15 is 0 Å². The Kier molecular flexibility index (Phi) is 8.44. The number of carboxylic acids is 2. The molecular weight excluding hydrogens is 356 g/mol. The van der Waals surface area contributed by atoms with Crippen LogP contribution in [-0.2, 0) is 9.59 Å². The molecule has 2 aromatic rings. The van der Waals surface area contributed by atoms with Gasteiger partial charge in [0.25, 0.3) is 10.1 Å². The van der Waals surface area contributed by atoms with Crippen LogP contribution in [0, 0.1) is 10.4 Å². The fraction of sp³-hybridized carbons (Fsp3) is 0.143. The Bertz CT molecular complexity index is 639. The van der Waals surface area contributed by atoms with Gasteiger partial charge >= 0.3 is 11.9 Å². The Morgan fingerprint density at radius 3 is 1.50 bits per heavy atom. The summed E-state index contributed by atoms with van der Waals surface area (Å²) in [6, 6.07) is 9.74. The van der Waals surface area contributed by atoms with Crippen LogP contribution >= 0.6 is 23.5 Å². The van der Waals surface area contributed by atoms with Gasteiger partial charge in [-0.25, -0.2) is 0 Å². The molecule has 2 N–H and O–H groups in total. The third-order valence-electron chi connectivity index (χ3n) is 2.26. The van der Waals surface area contributed by atoms with Crippen molar-refractivity contribution in [3.8, 4) is 0 Å². The molecule has 10 heteroatoms. The van der Waals surface area contributed by atoms with Crippen LogP contribution in [0.1, 0.15) is 0 Å². The van der Waals surface area contributed by atoms with E-state index in [1.165, 1.54) is 12.4 Å². The van der Waals surface area contributed by atoms with Gasteiger partial charge in [0, 0.05) is 24.3 Å². The minimum atomic E-state index is -0.927. The van der Waals surface area contributed by atoms with Crippen LogP contribution in [-0.4, -0.2) is 33.7 Å². The third-order valence-corrected chi connectivity index (χ3v) is 4.27. The lowest BCUT2D eigenvalue weighted by Crippen LogP contribution is -2.28. The second-order valence-corrected chi connectivity index (χ2v) is 6.09. The molecule has 0 fully saturated rings. The molecule has 0 bridgehead atoms. The van der Waals surface area contributed by atoms with E-state index in [0.717, 1.165) is 23.5 Å². The number of thioether (sulfide) groups is 2. The largest absolute Gasteiger partial charge is 0.618 e. The second kappa shape index (κ2) is 10.3. The SMILES string of the molecule is O=C(O)CSc1cccc[n+]1[O-].O=C(O)CSc1cccc[n+]1[O-]. The number of carboxylic acid groups (broad SMARTS) is 2. The highest BCUT2D eigenvalue weighted by Gasteiger charge is 2.07. The van der Waals surface area contributed by atoms with Crippen LogP contribution in [0.15, 0.2) is 58.8 Å². The number of pyridine rings is 2. The van der Waals surface area contributed by atoms with Crippen molar-refractivity contribution in [3.05, 3.63) is 59.2 Å².